The minimum Gasteiger partial charge on any atom is -0.497 e. The van der Waals surface area contributed by atoms with E-state index in [1.54, 1.807) is 37.6 Å². The van der Waals surface area contributed by atoms with E-state index in [9.17, 15) is 4.79 Å². The number of nitrogens with one attached hydrogen (secondary N) is 1. The number of hydrogen-bond donors (Lipinski definition) is 1. The van der Waals surface area contributed by atoms with Crippen molar-refractivity contribution in [2.45, 2.75) is 0 Å². The second kappa shape index (κ2) is 5.30. The summed E-state index contributed by atoms with van der Waals surface area (Å²) in [6.45, 7) is 0. The third-order valence-electron chi connectivity index (χ3n) is 2.96. The van der Waals surface area contributed by atoms with Crippen LogP contribution in [0.3, 0.4) is 0 Å². The van der Waals surface area contributed by atoms with Crippen molar-refractivity contribution in [3.63, 3.8) is 0 Å². The lowest BCUT2D eigenvalue weighted by Crippen LogP contribution is -2.11. The molecule has 0 saturated heterocycles. The molecule has 20 heavy (non-hydrogen) atoms. The summed E-state index contributed by atoms with van der Waals surface area (Å²) >= 11 is 1.44. The van der Waals surface area contributed by atoms with Gasteiger partial charge in [-0.3, -0.25) is 4.79 Å². The number of ether oxygens (including phenoxy) is 1. The van der Waals surface area contributed by atoms with Crippen LogP contribution < -0.4 is 10.1 Å². The van der Waals surface area contributed by atoms with E-state index in [0.29, 0.717) is 5.56 Å². The highest BCUT2D eigenvalue weighted by molar-refractivity contribution is 7.13. The largest absolute Gasteiger partial charge is 0.497 e. The van der Waals surface area contributed by atoms with Crippen LogP contribution in [0.25, 0.3) is 10.1 Å². The first kappa shape index (κ1) is 12.6. The SMILES string of the molecule is COc1ccc(C(=O)Nc2ccc3sncc3c2)cc1. The Balaban J connectivity index is 1.80. The number of anilines is 1. The first-order valence-corrected chi connectivity index (χ1v) is 6.83. The highest BCUT2D eigenvalue weighted by Crippen LogP contribution is 2.22. The second-order valence-electron chi connectivity index (χ2n) is 4.26. The lowest BCUT2D eigenvalue weighted by atomic mass is 10.2. The minimum absolute atomic E-state index is 0.143. The van der Waals surface area contributed by atoms with Gasteiger partial charge in [0.25, 0.3) is 5.91 Å². The maximum Gasteiger partial charge on any atom is 0.255 e. The predicted molar refractivity (Wildman–Crippen MR) is 80.6 cm³/mol. The van der Waals surface area contributed by atoms with E-state index in [-0.39, 0.29) is 5.91 Å². The van der Waals surface area contributed by atoms with Crippen molar-refractivity contribution in [2.75, 3.05) is 12.4 Å². The first-order chi connectivity index (χ1) is 9.76. The molecule has 0 spiro atoms. The van der Waals surface area contributed by atoms with Gasteiger partial charge in [0.2, 0.25) is 0 Å². The van der Waals surface area contributed by atoms with Gasteiger partial charge in [0.15, 0.2) is 0 Å². The number of benzene rings is 2. The van der Waals surface area contributed by atoms with Crippen LogP contribution in [0.1, 0.15) is 10.4 Å². The van der Waals surface area contributed by atoms with Gasteiger partial charge < -0.3 is 10.1 Å². The molecule has 5 heteroatoms. The standard InChI is InChI=1S/C15H12N2O2S/c1-19-13-5-2-10(3-6-13)15(18)17-12-4-7-14-11(8-12)9-16-20-14/h2-9H,1H3,(H,17,18). The molecule has 1 amide bonds. The lowest BCUT2D eigenvalue weighted by molar-refractivity contribution is 0.102. The molecule has 0 unspecified atom stereocenters. The molecule has 0 radical (unpaired) electrons. The number of methoxy groups -OCH3 is 1. The number of hydrogen-bond acceptors (Lipinski definition) is 4. The van der Waals surface area contributed by atoms with Crippen molar-refractivity contribution >= 4 is 33.2 Å². The molecule has 1 aromatic heterocycles. The van der Waals surface area contributed by atoms with Crippen LogP contribution in [-0.4, -0.2) is 17.4 Å². The van der Waals surface area contributed by atoms with Crippen LogP contribution in [0.5, 0.6) is 5.75 Å². The Labute approximate surface area is 120 Å². The Bertz CT molecular complexity index is 750. The van der Waals surface area contributed by atoms with Crippen LogP contribution in [0.4, 0.5) is 5.69 Å². The minimum atomic E-state index is -0.143. The summed E-state index contributed by atoms with van der Waals surface area (Å²) in [6.07, 6.45) is 1.79. The van der Waals surface area contributed by atoms with E-state index < -0.39 is 0 Å². The summed E-state index contributed by atoms with van der Waals surface area (Å²) in [5.74, 6) is 0.586. The van der Waals surface area contributed by atoms with Gasteiger partial charge in [-0.15, -0.1) is 0 Å². The predicted octanol–water partition coefficient (Wildman–Crippen LogP) is 3.56. The van der Waals surface area contributed by atoms with Crippen LogP contribution >= 0.6 is 11.5 Å². The maximum absolute atomic E-state index is 12.1. The Morgan fingerprint density at radius 1 is 1.20 bits per heavy atom. The first-order valence-electron chi connectivity index (χ1n) is 6.06. The molecule has 0 atom stereocenters. The number of carbonyl (C=O) groups excluding carboxylic acids is 1. The maximum atomic E-state index is 12.1. The normalized spacial score (nSPS) is 10.4. The van der Waals surface area contributed by atoms with E-state index in [1.165, 1.54) is 11.5 Å². The van der Waals surface area contributed by atoms with E-state index in [1.807, 2.05) is 18.2 Å². The molecule has 4 nitrogen and oxygen atoms in total. The summed E-state index contributed by atoms with van der Waals surface area (Å²) in [6, 6.07) is 12.7. The summed E-state index contributed by atoms with van der Waals surface area (Å²) in [4.78, 5) is 12.1. The molecule has 0 saturated carbocycles. The fourth-order valence-corrected chi connectivity index (χ4v) is 2.52. The fourth-order valence-electron chi connectivity index (χ4n) is 1.90. The van der Waals surface area contributed by atoms with Crippen LogP contribution in [0.2, 0.25) is 0 Å². The van der Waals surface area contributed by atoms with Crippen molar-refractivity contribution in [1.29, 1.82) is 0 Å². The molecule has 100 valence electrons. The molecule has 0 bridgehead atoms. The van der Waals surface area contributed by atoms with Gasteiger partial charge in [-0.25, -0.2) is 0 Å². The molecule has 2 aromatic carbocycles. The van der Waals surface area contributed by atoms with E-state index >= 15 is 0 Å². The molecule has 3 rings (SSSR count). The Morgan fingerprint density at radius 2 is 2.00 bits per heavy atom. The Kier molecular flexibility index (Phi) is 3.35. The summed E-state index contributed by atoms with van der Waals surface area (Å²) < 4.78 is 10.3. The van der Waals surface area contributed by atoms with Gasteiger partial charge in [-0.2, -0.15) is 4.37 Å². The van der Waals surface area contributed by atoms with Gasteiger partial charge in [-0.05, 0) is 54.0 Å². The van der Waals surface area contributed by atoms with Gasteiger partial charge >= 0.3 is 0 Å². The zero-order chi connectivity index (χ0) is 13.9. The molecular weight excluding hydrogens is 272 g/mol. The number of nitrogens with zero attached hydrogens (tertiary/aromatic N) is 1. The average molecular weight is 284 g/mol. The third-order valence-corrected chi connectivity index (χ3v) is 3.74. The van der Waals surface area contributed by atoms with E-state index in [0.717, 1.165) is 21.5 Å². The summed E-state index contributed by atoms with van der Waals surface area (Å²) in [5, 5.41) is 3.90. The summed E-state index contributed by atoms with van der Waals surface area (Å²) in [5.41, 5.74) is 1.35. The number of carbonyl (C=O) groups is 1. The van der Waals surface area contributed by atoms with Crippen molar-refractivity contribution in [2.24, 2.45) is 0 Å². The molecular formula is C15H12N2O2S. The van der Waals surface area contributed by atoms with Crippen molar-refractivity contribution in [1.82, 2.24) is 4.37 Å². The summed E-state index contributed by atoms with van der Waals surface area (Å²) in [7, 11) is 1.60. The number of rotatable bonds is 3. The Morgan fingerprint density at radius 3 is 2.75 bits per heavy atom. The number of aromatic nitrogens is 1. The molecule has 0 aliphatic heterocycles. The van der Waals surface area contributed by atoms with Gasteiger partial charge in [0.05, 0.1) is 11.8 Å². The number of amides is 1. The highest BCUT2D eigenvalue weighted by Gasteiger charge is 2.07. The van der Waals surface area contributed by atoms with Crippen LogP contribution in [0, 0.1) is 0 Å². The zero-order valence-corrected chi connectivity index (χ0v) is 11.6. The fraction of sp³-hybridized carbons (Fsp3) is 0.0667. The molecule has 1 N–H and O–H groups in total. The van der Waals surface area contributed by atoms with Crippen molar-refractivity contribution in [3.8, 4) is 5.75 Å². The van der Waals surface area contributed by atoms with Crippen LogP contribution in [0.15, 0.2) is 48.7 Å². The molecule has 0 aliphatic rings. The zero-order valence-electron chi connectivity index (χ0n) is 10.8. The van der Waals surface area contributed by atoms with Crippen LogP contribution in [-0.2, 0) is 0 Å². The quantitative estimate of drug-likeness (QED) is 0.800. The van der Waals surface area contributed by atoms with Crippen molar-refractivity contribution in [3.05, 3.63) is 54.2 Å². The van der Waals surface area contributed by atoms with Gasteiger partial charge in [0.1, 0.15) is 5.75 Å². The van der Waals surface area contributed by atoms with Crippen molar-refractivity contribution < 1.29 is 9.53 Å². The average Bonchev–Trinajstić information content (AvgIpc) is 2.95. The second-order valence-corrected chi connectivity index (χ2v) is 5.09. The third kappa shape index (κ3) is 2.48. The van der Waals surface area contributed by atoms with Gasteiger partial charge in [0, 0.05) is 22.8 Å². The number of fused-ring (bicyclic) bond motifs is 1. The molecule has 0 aliphatic carbocycles. The van der Waals surface area contributed by atoms with Gasteiger partial charge in [-0.1, -0.05) is 0 Å². The Hall–Kier alpha value is -2.40. The highest BCUT2D eigenvalue weighted by atomic mass is 32.1. The molecule has 3 aromatic rings. The molecule has 1 heterocycles. The van der Waals surface area contributed by atoms with E-state index in [4.69, 9.17) is 4.74 Å². The van der Waals surface area contributed by atoms with E-state index in [2.05, 4.69) is 9.69 Å². The monoisotopic (exact) mass is 284 g/mol. The topological polar surface area (TPSA) is 51.2 Å². The smallest absolute Gasteiger partial charge is 0.255 e. The lowest BCUT2D eigenvalue weighted by Gasteiger charge is -2.06. The molecule has 0 fully saturated rings.